The van der Waals surface area contributed by atoms with Crippen LogP contribution in [-0.2, 0) is 31.8 Å². The van der Waals surface area contributed by atoms with Crippen molar-refractivity contribution in [3.8, 4) is 11.1 Å². The first kappa shape index (κ1) is 27.1. The second-order valence-corrected chi connectivity index (χ2v) is 23.3. The molecule has 0 saturated heterocycles. The van der Waals surface area contributed by atoms with E-state index in [0.717, 1.165) is 12.3 Å². The molecule has 0 amide bonds. The van der Waals surface area contributed by atoms with Crippen LogP contribution in [-0.4, -0.2) is 3.26 Å². The summed E-state index contributed by atoms with van der Waals surface area (Å²) in [5.74, 6) is 0.750. The van der Waals surface area contributed by atoms with E-state index in [1.807, 2.05) is 3.26 Å². The van der Waals surface area contributed by atoms with Gasteiger partial charge in [-0.15, -0.1) is 0 Å². The van der Waals surface area contributed by atoms with Gasteiger partial charge in [-0.1, -0.05) is 0 Å². The quantitative estimate of drug-likeness (QED) is 0.241. The normalized spacial score (nSPS) is 18.3. The molecule has 0 unspecified atom stereocenters. The SMILES string of the molecule is CC(C)(C)c1ccc2c(c1)[CH](/[Hf]([C]1=CC=CC1)=[C](/c1ccccc1)C1CCCC1)c1cc(C(C)(C)C)ccc1-2. The zero-order valence-corrected chi connectivity index (χ0v) is 28.4. The van der Waals surface area contributed by atoms with Crippen LogP contribution in [0.4, 0.5) is 0 Å². The summed E-state index contributed by atoms with van der Waals surface area (Å²) in [6, 6.07) is 26.6. The number of hydrogen-bond donors (Lipinski definition) is 0. The predicted octanol–water partition coefficient (Wildman–Crippen LogP) is 10.2. The molecule has 1 fully saturated rings. The monoisotopic (exact) mass is 680 g/mol. The molecular weight excluding hydrogens is 635 g/mol. The molecule has 0 aliphatic heterocycles. The van der Waals surface area contributed by atoms with Crippen LogP contribution in [0.1, 0.15) is 105 Å². The van der Waals surface area contributed by atoms with Crippen LogP contribution in [0.15, 0.2) is 88.3 Å². The van der Waals surface area contributed by atoms with Crippen molar-refractivity contribution in [1.29, 1.82) is 0 Å². The van der Waals surface area contributed by atoms with Crippen molar-refractivity contribution < 1.29 is 21.0 Å². The van der Waals surface area contributed by atoms with Gasteiger partial charge in [-0.2, -0.15) is 0 Å². The number of fused-ring (bicyclic) bond motifs is 3. The van der Waals surface area contributed by atoms with Gasteiger partial charge in [0, 0.05) is 0 Å². The second-order valence-electron chi connectivity index (χ2n) is 14.0. The first-order valence-corrected chi connectivity index (χ1v) is 20.7. The topological polar surface area (TPSA) is 0 Å². The Morgan fingerprint density at radius 1 is 0.718 bits per heavy atom. The zero-order chi connectivity index (χ0) is 27.4. The van der Waals surface area contributed by atoms with Crippen molar-refractivity contribution in [1.82, 2.24) is 0 Å². The molecule has 0 nitrogen and oxygen atoms in total. The Morgan fingerprint density at radius 2 is 1.28 bits per heavy atom. The third-order valence-corrected chi connectivity index (χ3v) is 22.0. The molecule has 0 atom stereocenters. The fourth-order valence-corrected chi connectivity index (χ4v) is 21.3. The van der Waals surface area contributed by atoms with Gasteiger partial charge in [0.05, 0.1) is 0 Å². The standard InChI is InChI=1S/C21H25.C12H14.C5H5.Hf/c1-20(2,3)16-7-9-18-14(12-16)11-15-13-17(21(4,5)6)8-10-19(15)18;1-2-6-11(7-3-1)10-12-8-4-5-9-12;1-2-4-5-3-1;/h7-13H,1-6H3;1-3,6-7,12H,4-5,8-9H2;1-3H,4H2;. The number of rotatable bonds is 4. The van der Waals surface area contributed by atoms with Crippen LogP contribution in [0.25, 0.3) is 11.1 Å². The Morgan fingerprint density at radius 3 is 1.77 bits per heavy atom. The van der Waals surface area contributed by atoms with Crippen LogP contribution in [0.2, 0.25) is 0 Å². The van der Waals surface area contributed by atoms with E-state index in [-0.39, 0.29) is 10.8 Å². The van der Waals surface area contributed by atoms with Crippen LogP contribution in [0.3, 0.4) is 0 Å². The molecule has 39 heavy (non-hydrogen) atoms. The number of hydrogen-bond acceptors (Lipinski definition) is 0. The maximum absolute atomic E-state index is 2.72. The van der Waals surface area contributed by atoms with E-state index in [4.69, 9.17) is 0 Å². The molecule has 0 bridgehead atoms. The molecule has 3 aliphatic rings. The van der Waals surface area contributed by atoms with E-state index < -0.39 is 21.0 Å². The van der Waals surface area contributed by atoms with Gasteiger partial charge in [-0.05, 0) is 0 Å². The van der Waals surface area contributed by atoms with Crippen molar-refractivity contribution in [3.63, 3.8) is 0 Å². The van der Waals surface area contributed by atoms with Crippen molar-refractivity contribution in [3.05, 3.63) is 116 Å². The summed E-state index contributed by atoms with van der Waals surface area (Å²) in [7, 11) is 0. The third-order valence-electron chi connectivity index (χ3n) is 9.29. The predicted molar refractivity (Wildman–Crippen MR) is 165 cm³/mol. The Labute approximate surface area is 244 Å². The van der Waals surface area contributed by atoms with Crippen molar-refractivity contribution >= 4 is 3.26 Å². The van der Waals surface area contributed by atoms with E-state index in [9.17, 15) is 0 Å². The molecule has 3 aromatic carbocycles. The summed E-state index contributed by atoms with van der Waals surface area (Å²) in [4.78, 5) is 0. The molecular formula is C38H44Hf. The molecule has 1 heteroatoms. The molecule has 3 aromatic rings. The molecule has 0 heterocycles. The zero-order valence-electron chi connectivity index (χ0n) is 24.8. The molecule has 200 valence electrons. The van der Waals surface area contributed by atoms with E-state index in [1.165, 1.54) is 47.9 Å². The second kappa shape index (κ2) is 10.4. The molecule has 0 N–H and O–H groups in total. The van der Waals surface area contributed by atoms with Gasteiger partial charge in [0.2, 0.25) is 0 Å². The van der Waals surface area contributed by atoms with Crippen molar-refractivity contribution in [2.75, 3.05) is 0 Å². The van der Waals surface area contributed by atoms with Gasteiger partial charge in [-0.25, -0.2) is 0 Å². The van der Waals surface area contributed by atoms with Crippen LogP contribution < -0.4 is 0 Å². The van der Waals surface area contributed by atoms with Gasteiger partial charge in [-0.3, -0.25) is 0 Å². The molecule has 3 aliphatic carbocycles. The Balaban J connectivity index is 1.69. The fraction of sp³-hybridized carbons (Fsp3) is 0.395. The fourth-order valence-electron chi connectivity index (χ4n) is 7.11. The summed E-state index contributed by atoms with van der Waals surface area (Å²) < 4.78 is 4.25. The summed E-state index contributed by atoms with van der Waals surface area (Å²) in [5.41, 5.74) is 11.0. The van der Waals surface area contributed by atoms with Crippen LogP contribution in [0.5, 0.6) is 0 Å². The van der Waals surface area contributed by atoms with Gasteiger partial charge in [0.15, 0.2) is 0 Å². The van der Waals surface area contributed by atoms with Crippen LogP contribution >= 0.6 is 0 Å². The van der Waals surface area contributed by atoms with Crippen molar-refractivity contribution in [2.24, 2.45) is 5.92 Å². The van der Waals surface area contributed by atoms with Gasteiger partial charge >= 0.3 is 246 Å². The molecule has 0 spiro atoms. The summed E-state index contributed by atoms with van der Waals surface area (Å²) >= 11 is -2.72. The first-order chi connectivity index (χ1) is 18.6. The van der Waals surface area contributed by atoms with E-state index in [0.29, 0.717) is 3.67 Å². The summed E-state index contributed by atoms with van der Waals surface area (Å²) in [6.45, 7) is 14.2. The van der Waals surface area contributed by atoms with Crippen molar-refractivity contribution in [2.45, 2.75) is 88.2 Å². The van der Waals surface area contributed by atoms with E-state index in [2.05, 4.69) is 127 Å². The minimum absolute atomic E-state index is 0.141. The number of allylic oxidation sites excluding steroid dienone is 4. The first-order valence-electron chi connectivity index (χ1n) is 15.1. The Kier molecular flexibility index (Phi) is 7.20. The Bertz CT molecular complexity index is 1410. The average Bonchev–Trinajstić information content (AvgIpc) is 3.67. The summed E-state index contributed by atoms with van der Waals surface area (Å²) in [6.07, 6.45) is 14.0. The van der Waals surface area contributed by atoms with Gasteiger partial charge in [0.1, 0.15) is 0 Å². The molecule has 0 radical (unpaired) electrons. The summed E-state index contributed by atoms with van der Waals surface area (Å²) in [5, 5.41) is 0. The van der Waals surface area contributed by atoms with Crippen LogP contribution in [0, 0.1) is 5.92 Å². The van der Waals surface area contributed by atoms with E-state index >= 15 is 0 Å². The molecule has 6 rings (SSSR count). The minimum atomic E-state index is -2.72. The molecule has 0 aromatic heterocycles. The van der Waals surface area contributed by atoms with E-state index in [1.54, 1.807) is 20.0 Å². The van der Waals surface area contributed by atoms with Gasteiger partial charge in [0.25, 0.3) is 0 Å². The van der Waals surface area contributed by atoms with Gasteiger partial charge < -0.3 is 0 Å². The third kappa shape index (κ3) is 5.10. The maximum atomic E-state index is 2.63. The molecule has 1 saturated carbocycles. The Hall–Kier alpha value is -2.12. The average molecular weight is 679 g/mol. The number of benzene rings is 3.